The first-order chi connectivity index (χ1) is 11.2. The fourth-order valence-corrected chi connectivity index (χ4v) is 3.71. The predicted octanol–water partition coefficient (Wildman–Crippen LogP) is 3.53. The molecule has 0 bridgehead atoms. The number of benzene rings is 1. The average molecular weight is 385 g/mol. The number of aromatic hydroxyl groups is 1. The molecule has 3 N–H and O–H groups in total. The Balaban J connectivity index is 1.93. The summed E-state index contributed by atoms with van der Waals surface area (Å²) in [4.78, 5) is 0. The largest absolute Gasteiger partial charge is 0.506 e. The number of phenolic OH excluding ortho intramolecular Hbond substituents is 1. The van der Waals surface area contributed by atoms with Crippen LogP contribution in [0.4, 0.5) is 10.7 Å². The number of sulfonamides is 1. The van der Waals surface area contributed by atoms with E-state index in [1.807, 2.05) is 0 Å². The molecule has 1 atom stereocenters. The molecule has 1 aromatic carbocycles. The Kier molecular flexibility index (Phi) is 4.20. The SMILES string of the molecule is CC1(S(N)(=O)=O)C=Cc2nsc(/N=N/c3ccc(O)c(Cl)c3)c2C1. The van der Waals surface area contributed by atoms with Crippen LogP contribution < -0.4 is 5.14 Å². The fraction of sp³-hybridized carbons (Fsp3) is 0.214. The van der Waals surface area contributed by atoms with Crippen molar-refractivity contribution in [3.05, 3.63) is 40.6 Å². The molecule has 0 saturated carbocycles. The molecular formula is C14H13ClN4O3S2. The zero-order chi connectivity index (χ0) is 17.5. The number of phenols is 1. The van der Waals surface area contributed by atoms with Gasteiger partial charge in [-0.05, 0) is 42.7 Å². The van der Waals surface area contributed by atoms with Gasteiger partial charge in [-0.1, -0.05) is 17.7 Å². The second-order valence-electron chi connectivity index (χ2n) is 5.56. The van der Waals surface area contributed by atoms with Crippen LogP contribution in [0.1, 0.15) is 18.2 Å². The molecular weight excluding hydrogens is 372 g/mol. The summed E-state index contributed by atoms with van der Waals surface area (Å²) in [6, 6.07) is 4.45. The number of nitrogens with two attached hydrogens (primary N) is 1. The highest BCUT2D eigenvalue weighted by molar-refractivity contribution is 7.90. The van der Waals surface area contributed by atoms with Crippen molar-refractivity contribution < 1.29 is 13.5 Å². The van der Waals surface area contributed by atoms with E-state index in [2.05, 4.69) is 14.6 Å². The van der Waals surface area contributed by atoms with E-state index < -0.39 is 14.8 Å². The molecule has 0 radical (unpaired) electrons. The zero-order valence-corrected chi connectivity index (χ0v) is 14.9. The van der Waals surface area contributed by atoms with Gasteiger partial charge in [0.05, 0.1) is 16.4 Å². The molecule has 0 aliphatic heterocycles. The van der Waals surface area contributed by atoms with Gasteiger partial charge < -0.3 is 5.11 Å². The Morgan fingerprint density at radius 1 is 1.42 bits per heavy atom. The van der Waals surface area contributed by atoms with Crippen LogP contribution in [0.25, 0.3) is 6.08 Å². The highest BCUT2D eigenvalue weighted by Gasteiger charge is 2.38. The number of halogens is 1. The van der Waals surface area contributed by atoms with Gasteiger partial charge in [0, 0.05) is 12.0 Å². The third kappa shape index (κ3) is 3.07. The van der Waals surface area contributed by atoms with Gasteiger partial charge in [-0.2, -0.15) is 4.37 Å². The van der Waals surface area contributed by atoms with Crippen LogP contribution in [0, 0.1) is 0 Å². The van der Waals surface area contributed by atoms with Gasteiger partial charge in [0.2, 0.25) is 10.0 Å². The van der Waals surface area contributed by atoms with Gasteiger partial charge in [0.1, 0.15) is 10.5 Å². The molecule has 2 aromatic rings. The number of hydrogen-bond donors (Lipinski definition) is 2. The Bertz CT molecular complexity index is 968. The quantitative estimate of drug-likeness (QED) is 0.786. The maximum atomic E-state index is 11.8. The molecule has 0 fully saturated rings. The Morgan fingerprint density at radius 3 is 2.83 bits per heavy atom. The number of azo groups is 1. The summed E-state index contributed by atoms with van der Waals surface area (Å²) in [5.41, 5.74) is 1.81. The smallest absolute Gasteiger partial charge is 0.218 e. The van der Waals surface area contributed by atoms with Crippen LogP contribution in [0.5, 0.6) is 5.75 Å². The summed E-state index contributed by atoms with van der Waals surface area (Å²) in [5, 5.41) is 23.6. The second kappa shape index (κ2) is 5.92. The number of fused-ring (bicyclic) bond motifs is 1. The van der Waals surface area contributed by atoms with Gasteiger partial charge in [-0.25, -0.2) is 13.6 Å². The number of primary sulfonamides is 1. The molecule has 0 amide bonds. The lowest BCUT2D eigenvalue weighted by atomic mass is 9.94. The van der Waals surface area contributed by atoms with Crippen molar-refractivity contribution in [2.45, 2.75) is 18.1 Å². The Morgan fingerprint density at radius 2 is 2.17 bits per heavy atom. The van der Waals surface area contributed by atoms with Crippen LogP contribution in [0.2, 0.25) is 5.02 Å². The van der Waals surface area contributed by atoms with Crippen LogP contribution in [0.15, 0.2) is 34.5 Å². The number of rotatable bonds is 3. The lowest BCUT2D eigenvalue weighted by Crippen LogP contribution is -2.41. The van der Waals surface area contributed by atoms with Crippen molar-refractivity contribution in [3.63, 3.8) is 0 Å². The van der Waals surface area contributed by atoms with E-state index in [9.17, 15) is 13.5 Å². The minimum absolute atomic E-state index is 0.0418. The normalized spacial score (nSPS) is 20.5. The van der Waals surface area contributed by atoms with Gasteiger partial charge >= 0.3 is 0 Å². The molecule has 0 spiro atoms. The van der Waals surface area contributed by atoms with Gasteiger partial charge in [-0.3, -0.25) is 0 Å². The summed E-state index contributed by atoms with van der Waals surface area (Å²) in [6.45, 7) is 1.56. The van der Waals surface area contributed by atoms with Crippen LogP contribution in [-0.2, 0) is 16.4 Å². The Hall–Kier alpha value is -1.81. The first-order valence-corrected chi connectivity index (χ1v) is 9.50. The molecule has 3 rings (SSSR count). The zero-order valence-electron chi connectivity index (χ0n) is 12.5. The molecule has 0 saturated heterocycles. The summed E-state index contributed by atoms with van der Waals surface area (Å²) in [5.74, 6) is -0.0418. The molecule has 1 aliphatic carbocycles. The first kappa shape index (κ1) is 17.0. The van der Waals surface area contributed by atoms with Crippen molar-refractivity contribution >= 4 is 49.9 Å². The van der Waals surface area contributed by atoms with Crippen molar-refractivity contribution in [3.8, 4) is 5.75 Å². The van der Waals surface area contributed by atoms with E-state index in [4.69, 9.17) is 16.7 Å². The van der Waals surface area contributed by atoms with Gasteiger partial charge in [0.15, 0.2) is 5.00 Å². The van der Waals surface area contributed by atoms with E-state index >= 15 is 0 Å². The van der Waals surface area contributed by atoms with E-state index in [1.54, 1.807) is 25.1 Å². The minimum atomic E-state index is -3.77. The van der Waals surface area contributed by atoms with Gasteiger partial charge in [0.25, 0.3) is 0 Å². The van der Waals surface area contributed by atoms with Crippen LogP contribution >= 0.6 is 23.1 Å². The van der Waals surface area contributed by atoms with E-state index in [1.165, 1.54) is 12.1 Å². The van der Waals surface area contributed by atoms with Crippen molar-refractivity contribution in [2.75, 3.05) is 0 Å². The van der Waals surface area contributed by atoms with Gasteiger partial charge in [-0.15, -0.1) is 10.2 Å². The van der Waals surface area contributed by atoms with Crippen molar-refractivity contribution in [2.24, 2.45) is 15.4 Å². The number of nitrogens with zero attached hydrogens (tertiary/aromatic N) is 3. The first-order valence-electron chi connectivity index (χ1n) is 6.80. The van der Waals surface area contributed by atoms with Crippen molar-refractivity contribution in [1.82, 2.24) is 4.37 Å². The standard InChI is InChI=1S/C14H13ClN4O3S2/c1-14(24(16,21)22)5-4-11-9(7-14)13(23-19-11)18-17-8-2-3-12(20)10(15)6-8/h2-6,20H,7H2,1H3,(H2,16,21,22)/b18-17+. The lowest BCUT2D eigenvalue weighted by molar-refractivity contribution is 0.475. The van der Waals surface area contributed by atoms with Crippen LogP contribution in [0.3, 0.4) is 0 Å². The molecule has 1 aromatic heterocycles. The second-order valence-corrected chi connectivity index (χ2v) is 8.74. The lowest BCUT2D eigenvalue weighted by Gasteiger charge is -2.26. The number of hydrogen-bond acceptors (Lipinski definition) is 7. The molecule has 1 unspecified atom stereocenters. The third-order valence-electron chi connectivity index (χ3n) is 3.76. The van der Waals surface area contributed by atoms with E-state index in [0.29, 0.717) is 21.9 Å². The summed E-state index contributed by atoms with van der Waals surface area (Å²) in [7, 11) is -3.77. The Labute approximate surface area is 147 Å². The number of aromatic nitrogens is 1. The molecule has 24 heavy (non-hydrogen) atoms. The molecule has 126 valence electrons. The predicted molar refractivity (Wildman–Crippen MR) is 93.7 cm³/mol. The highest BCUT2D eigenvalue weighted by Crippen LogP contribution is 2.39. The molecule has 1 aliphatic rings. The van der Waals surface area contributed by atoms with E-state index in [-0.39, 0.29) is 17.2 Å². The third-order valence-corrected chi connectivity index (χ3v) is 6.43. The van der Waals surface area contributed by atoms with Crippen LogP contribution in [-0.4, -0.2) is 22.6 Å². The molecule has 7 nitrogen and oxygen atoms in total. The maximum absolute atomic E-state index is 11.8. The summed E-state index contributed by atoms with van der Waals surface area (Å²) >= 11 is 6.95. The minimum Gasteiger partial charge on any atom is -0.506 e. The van der Waals surface area contributed by atoms with E-state index in [0.717, 1.165) is 11.5 Å². The topological polar surface area (TPSA) is 118 Å². The van der Waals surface area contributed by atoms with Crippen molar-refractivity contribution in [1.29, 1.82) is 0 Å². The highest BCUT2D eigenvalue weighted by atomic mass is 35.5. The molecule has 1 heterocycles. The summed E-state index contributed by atoms with van der Waals surface area (Å²) in [6.07, 6.45) is 3.36. The fourth-order valence-electron chi connectivity index (χ4n) is 2.21. The monoisotopic (exact) mass is 384 g/mol. The molecule has 10 heteroatoms. The summed E-state index contributed by atoms with van der Waals surface area (Å²) < 4.78 is 26.7. The maximum Gasteiger partial charge on any atom is 0.218 e. The average Bonchev–Trinajstić information content (AvgIpc) is 2.89.